The molecular weight excluding hydrogens is 440 g/mol. The number of nitrogens with one attached hydrogen (secondary N) is 1. The minimum atomic E-state index is -1.28. The van der Waals surface area contributed by atoms with Crippen LogP contribution in [-0.4, -0.2) is 21.7 Å². The summed E-state index contributed by atoms with van der Waals surface area (Å²) in [5.74, 6) is 0. The highest BCUT2D eigenvalue weighted by Crippen LogP contribution is 2.41. The van der Waals surface area contributed by atoms with Gasteiger partial charge < -0.3 is 14.6 Å². The minimum Gasteiger partial charge on any atom is -0.593 e. The zero-order valence-corrected chi connectivity index (χ0v) is 20.9. The molecule has 0 amide bonds. The van der Waals surface area contributed by atoms with Gasteiger partial charge in [-0.05, 0) is 93.3 Å². The summed E-state index contributed by atoms with van der Waals surface area (Å²) >= 11 is -1.28. The summed E-state index contributed by atoms with van der Waals surface area (Å²) in [7, 11) is 0. The average Bonchev–Trinajstić information content (AvgIpc) is 3.01. The fraction of sp³-hybridized carbons (Fsp3) is 0.379. The van der Waals surface area contributed by atoms with E-state index in [0.29, 0.717) is 6.04 Å². The maximum Gasteiger partial charge on any atom is 0.173 e. The molecule has 2 aliphatic rings. The van der Waals surface area contributed by atoms with E-state index < -0.39 is 17.0 Å². The largest absolute Gasteiger partial charge is 0.593 e. The van der Waals surface area contributed by atoms with E-state index in [-0.39, 0.29) is 6.04 Å². The Morgan fingerprint density at radius 2 is 1.47 bits per heavy atom. The molecule has 1 aliphatic heterocycles. The number of aryl methyl sites for hydroxylation is 2. The van der Waals surface area contributed by atoms with Gasteiger partial charge in [-0.15, -0.1) is 4.72 Å². The molecule has 3 unspecified atom stereocenters. The Hall–Kier alpha value is -2.31. The molecule has 5 heteroatoms. The molecule has 0 bridgehead atoms. The Kier molecular flexibility index (Phi) is 6.72. The Balaban J connectivity index is 1.36. The van der Waals surface area contributed by atoms with Crippen molar-refractivity contribution in [2.75, 3.05) is 4.90 Å². The van der Waals surface area contributed by atoms with Gasteiger partial charge in [0.2, 0.25) is 0 Å². The summed E-state index contributed by atoms with van der Waals surface area (Å²) in [6, 6.07) is 25.6. The summed E-state index contributed by atoms with van der Waals surface area (Å²) < 4.78 is 16.5. The minimum absolute atomic E-state index is 0.191. The molecule has 2 N–H and O–H groups in total. The first-order valence-corrected chi connectivity index (χ1v) is 13.5. The number of hydrogen-bond donors (Lipinski definition) is 2. The molecule has 5 rings (SSSR count). The van der Waals surface area contributed by atoms with E-state index in [1.54, 1.807) is 13.8 Å². The highest BCUT2D eigenvalue weighted by molar-refractivity contribution is 7.89. The van der Waals surface area contributed by atoms with Gasteiger partial charge in [0.25, 0.3) is 0 Å². The van der Waals surface area contributed by atoms with Crippen molar-refractivity contribution >= 4 is 22.7 Å². The van der Waals surface area contributed by atoms with E-state index in [4.69, 9.17) is 0 Å². The third-order valence-corrected chi connectivity index (χ3v) is 8.47. The van der Waals surface area contributed by atoms with Crippen LogP contribution in [0.2, 0.25) is 0 Å². The maximum absolute atomic E-state index is 13.1. The number of nitrogens with zero attached hydrogens (tertiary/aromatic N) is 1. The molecule has 1 fully saturated rings. The van der Waals surface area contributed by atoms with Gasteiger partial charge in [0.1, 0.15) is 0 Å². The van der Waals surface area contributed by atoms with Gasteiger partial charge in [0.15, 0.2) is 4.90 Å². The van der Waals surface area contributed by atoms with Crippen LogP contribution in [-0.2, 0) is 29.8 Å². The molecule has 0 spiro atoms. The van der Waals surface area contributed by atoms with Crippen molar-refractivity contribution in [2.24, 2.45) is 0 Å². The molecule has 178 valence electrons. The van der Waals surface area contributed by atoms with Gasteiger partial charge >= 0.3 is 0 Å². The maximum atomic E-state index is 13.1. The second-order valence-corrected chi connectivity index (χ2v) is 11.4. The highest BCUT2D eigenvalue weighted by atomic mass is 32.2. The number of fused-ring (bicyclic) bond motifs is 2. The van der Waals surface area contributed by atoms with E-state index in [1.807, 2.05) is 24.3 Å². The van der Waals surface area contributed by atoms with E-state index in [1.165, 1.54) is 22.5 Å². The Morgan fingerprint density at radius 3 is 2.06 bits per heavy atom. The van der Waals surface area contributed by atoms with Crippen molar-refractivity contribution in [3.8, 4) is 0 Å². The van der Waals surface area contributed by atoms with Crippen molar-refractivity contribution in [2.45, 2.75) is 75.0 Å². The van der Waals surface area contributed by atoms with E-state index in [0.717, 1.165) is 49.0 Å². The van der Waals surface area contributed by atoms with Crippen LogP contribution in [0.25, 0.3) is 0 Å². The zero-order valence-electron chi connectivity index (χ0n) is 20.0. The summed E-state index contributed by atoms with van der Waals surface area (Å²) in [6.07, 6.45) is 6.34. The molecule has 3 aromatic rings. The monoisotopic (exact) mass is 474 g/mol. The van der Waals surface area contributed by atoms with Crippen LogP contribution >= 0.6 is 0 Å². The van der Waals surface area contributed by atoms with Gasteiger partial charge in [-0.1, -0.05) is 48.5 Å². The fourth-order valence-corrected chi connectivity index (χ4v) is 6.45. The molecule has 0 aromatic heterocycles. The first-order valence-electron chi connectivity index (χ1n) is 12.4. The molecule has 1 aliphatic carbocycles. The van der Waals surface area contributed by atoms with Crippen LogP contribution in [0, 0.1) is 0 Å². The fourth-order valence-electron chi connectivity index (χ4n) is 5.42. The van der Waals surface area contributed by atoms with Crippen LogP contribution in [0.15, 0.2) is 77.7 Å². The molecule has 3 atom stereocenters. The molecule has 3 aromatic carbocycles. The lowest BCUT2D eigenvalue weighted by molar-refractivity contribution is 0.0785. The summed E-state index contributed by atoms with van der Waals surface area (Å²) in [5.41, 5.74) is 5.38. The standard InChI is InChI=1S/C29H34N2O2S/c1-29(2,32)23-16-18-26(19-17-23)34(33)30-24-10-7-11-25(20-24)31-27-12-5-3-8-21(27)14-15-22-9-4-6-13-28(22)31/h3-6,8-9,12-13,16-19,24-25,30,32H,7,10-11,14-15,20H2,1-2H3. The Morgan fingerprint density at radius 1 is 0.882 bits per heavy atom. The van der Waals surface area contributed by atoms with Crippen molar-refractivity contribution in [1.29, 1.82) is 0 Å². The van der Waals surface area contributed by atoms with Crippen LogP contribution < -0.4 is 9.62 Å². The first kappa shape index (κ1) is 23.4. The van der Waals surface area contributed by atoms with Gasteiger partial charge in [-0.25, -0.2) is 0 Å². The lowest BCUT2D eigenvalue weighted by atomic mass is 9.89. The number of aliphatic hydroxyl groups is 1. The number of rotatable bonds is 5. The third kappa shape index (κ3) is 4.89. The second kappa shape index (κ2) is 9.74. The highest BCUT2D eigenvalue weighted by Gasteiger charge is 2.33. The predicted molar refractivity (Wildman–Crippen MR) is 140 cm³/mol. The Bertz CT molecular complexity index is 1080. The molecule has 1 heterocycles. The first-order chi connectivity index (χ1) is 16.4. The molecule has 0 radical (unpaired) electrons. The van der Waals surface area contributed by atoms with Crippen molar-refractivity contribution in [3.05, 3.63) is 89.5 Å². The number of para-hydroxylation sites is 2. The number of hydrogen-bond acceptors (Lipinski definition) is 4. The average molecular weight is 475 g/mol. The van der Waals surface area contributed by atoms with Gasteiger partial charge in [-0.3, -0.25) is 0 Å². The number of anilines is 2. The van der Waals surface area contributed by atoms with E-state index >= 15 is 0 Å². The number of benzene rings is 3. The molecule has 1 saturated carbocycles. The second-order valence-electron chi connectivity index (χ2n) is 10.1. The molecular formula is C29H34N2O2S. The normalized spacial score (nSPS) is 21.4. The summed E-state index contributed by atoms with van der Waals surface area (Å²) in [5, 5.41) is 10.2. The van der Waals surface area contributed by atoms with Gasteiger partial charge in [0, 0.05) is 17.4 Å². The van der Waals surface area contributed by atoms with Crippen molar-refractivity contribution < 1.29 is 9.66 Å². The van der Waals surface area contributed by atoms with Gasteiger partial charge in [0.05, 0.1) is 23.0 Å². The van der Waals surface area contributed by atoms with Crippen LogP contribution in [0.1, 0.15) is 56.2 Å². The quantitative estimate of drug-likeness (QED) is 0.461. The zero-order chi connectivity index (χ0) is 23.7. The molecule has 4 nitrogen and oxygen atoms in total. The summed E-state index contributed by atoms with van der Waals surface area (Å²) in [6.45, 7) is 3.52. The molecule has 0 saturated heterocycles. The van der Waals surface area contributed by atoms with Crippen molar-refractivity contribution in [1.82, 2.24) is 4.72 Å². The Labute approximate surface area is 206 Å². The smallest absolute Gasteiger partial charge is 0.173 e. The summed E-state index contributed by atoms with van der Waals surface area (Å²) in [4.78, 5) is 3.31. The van der Waals surface area contributed by atoms with E-state index in [9.17, 15) is 9.66 Å². The van der Waals surface area contributed by atoms with Crippen LogP contribution in [0.5, 0.6) is 0 Å². The van der Waals surface area contributed by atoms with E-state index in [2.05, 4.69) is 58.2 Å². The lowest BCUT2D eigenvalue weighted by Gasteiger charge is -2.39. The van der Waals surface area contributed by atoms with Gasteiger partial charge in [-0.2, -0.15) is 0 Å². The van der Waals surface area contributed by atoms with Crippen LogP contribution in [0.3, 0.4) is 0 Å². The SMILES string of the molecule is CC(C)(O)c1ccc([S+]([O-])NC2CCCC(N3c4ccccc4CCc4ccccc43)C2)cc1. The molecule has 34 heavy (non-hydrogen) atoms. The van der Waals surface area contributed by atoms with Crippen LogP contribution in [0.4, 0.5) is 11.4 Å². The topological polar surface area (TPSA) is 58.6 Å². The van der Waals surface area contributed by atoms with Crippen molar-refractivity contribution in [3.63, 3.8) is 0 Å². The third-order valence-electron chi connectivity index (χ3n) is 7.23. The lowest BCUT2D eigenvalue weighted by Crippen LogP contribution is -2.44. The predicted octanol–water partition coefficient (Wildman–Crippen LogP) is 5.77.